The smallest absolute Gasteiger partial charge is 0.217 e. The molecule has 6 heteroatoms. The van der Waals surface area contributed by atoms with E-state index in [2.05, 4.69) is 5.32 Å². The van der Waals surface area contributed by atoms with Crippen LogP contribution in [-0.4, -0.2) is 58.3 Å². The molecule has 0 aliphatic carbocycles. The third kappa shape index (κ3) is 2.66. The fourth-order valence-corrected chi connectivity index (χ4v) is 1.74. The van der Waals surface area contributed by atoms with Gasteiger partial charge < -0.3 is 25.4 Å². The molecular weight excluding hydrogens is 202 g/mol. The number of amides is 1. The average Bonchev–Trinajstić information content (AvgIpc) is 2.18. The van der Waals surface area contributed by atoms with Crippen molar-refractivity contribution in [1.29, 1.82) is 0 Å². The van der Waals surface area contributed by atoms with Gasteiger partial charge >= 0.3 is 0 Å². The SMILES string of the molecule is CC(=O)N[C@H]1C(C)O[C@H](CO)[C@@H](O)[C@@H]1O. The van der Waals surface area contributed by atoms with Crippen LogP contribution in [0.3, 0.4) is 0 Å². The Kier molecular flexibility index (Phi) is 4.04. The minimum atomic E-state index is -1.19. The number of carbonyl (C=O) groups is 1. The van der Waals surface area contributed by atoms with Crippen molar-refractivity contribution < 1.29 is 24.9 Å². The van der Waals surface area contributed by atoms with Gasteiger partial charge in [-0.1, -0.05) is 0 Å². The largest absolute Gasteiger partial charge is 0.394 e. The van der Waals surface area contributed by atoms with Gasteiger partial charge in [0.2, 0.25) is 5.91 Å². The average molecular weight is 219 g/mol. The van der Waals surface area contributed by atoms with Crippen molar-refractivity contribution in [3.63, 3.8) is 0 Å². The number of aliphatic hydroxyl groups excluding tert-OH is 3. The lowest BCUT2D eigenvalue weighted by Gasteiger charge is -2.41. The summed E-state index contributed by atoms with van der Waals surface area (Å²) in [7, 11) is 0. The highest BCUT2D eigenvalue weighted by Crippen LogP contribution is 2.20. The highest BCUT2D eigenvalue weighted by Gasteiger charge is 2.42. The van der Waals surface area contributed by atoms with Crippen molar-refractivity contribution >= 4 is 5.91 Å². The van der Waals surface area contributed by atoms with Crippen LogP contribution in [0, 0.1) is 0 Å². The van der Waals surface area contributed by atoms with Gasteiger partial charge in [-0.25, -0.2) is 0 Å². The summed E-state index contributed by atoms with van der Waals surface area (Å²) >= 11 is 0. The lowest BCUT2D eigenvalue weighted by molar-refractivity contribution is -0.190. The zero-order chi connectivity index (χ0) is 11.6. The van der Waals surface area contributed by atoms with E-state index in [1.165, 1.54) is 6.92 Å². The lowest BCUT2D eigenvalue weighted by Crippen LogP contribution is -2.63. The molecule has 0 saturated carbocycles. The van der Waals surface area contributed by atoms with E-state index >= 15 is 0 Å². The van der Waals surface area contributed by atoms with E-state index in [4.69, 9.17) is 9.84 Å². The van der Waals surface area contributed by atoms with Gasteiger partial charge in [0.1, 0.15) is 18.3 Å². The van der Waals surface area contributed by atoms with Crippen LogP contribution in [0.2, 0.25) is 0 Å². The van der Waals surface area contributed by atoms with Crippen molar-refractivity contribution in [3.05, 3.63) is 0 Å². The monoisotopic (exact) mass is 219 g/mol. The molecule has 1 fully saturated rings. The predicted molar refractivity (Wildman–Crippen MR) is 51.0 cm³/mol. The molecule has 1 aliphatic heterocycles. The summed E-state index contributed by atoms with van der Waals surface area (Å²) in [5, 5.41) is 30.6. The fraction of sp³-hybridized carbons (Fsp3) is 0.889. The van der Waals surface area contributed by atoms with E-state index in [1.807, 2.05) is 0 Å². The summed E-state index contributed by atoms with van der Waals surface area (Å²) in [5.74, 6) is -0.302. The van der Waals surface area contributed by atoms with Crippen LogP contribution < -0.4 is 5.32 Å². The Hall–Kier alpha value is -0.690. The van der Waals surface area contributed by atoms with Crippen LogP contribution in [0.4, 0.5) is 0 Å². The van der Waals surface area contributed by atoms with Crippen LogP contribution in [0.5, 0.6) is 0 Å². The van der Waals surface area contributed by atoms with Crippen LogP contribution in [0.1, 0.15) is 13.8 Å². The highest BCUT2D eigenvalue weighted by molar-refractivity contribution is 5.73. The molecule has 0 bridgehead atoms. The summed E-state index contributed by atoms with van der Waals surface area (Å²) < 4.78 is 5.26. The summed E-state index contributed by atoms with van der Waals surface area (Å²) in [5.41, 5.74) is 0. The number of ether oxygens (including phenoxy) is 1. The van der Waals surface area contributed by atoms with Crippen LogP contribution >= 0.6 is 0 Å². The molecule has 88 valence electrons. The van der Waals surface area contributed by atoms with Crippen molar-refractivity contribution in [1.82, 2.24) is 5.32 Å². The molecule has 1 aliphatic rings. The van der Waals surface area contributed by atoms with Gasteiger partial charge in [-0.05, 0) is 6.92 Å². The Bertz CT molecular complexity index is 235. The third-order valence-corrected chi connectivity index (χ3v) is 2.54. The maximum Gasteiger partial charge on any atom is 0.217 e. The molecule has 1 rings (SSSR count). The number of carbonyl (C=O) groups excluding carboxylic acids is 1. The fourth-order valence-electron chi connectivity index (χ4n) is 1.74. The van der Waals surface area contributed by atoms with Crippen LogP contribution in [0.15, 0.2) is 0 Å². The number of hydrogen-bond donors (Lipinski definition) is 4. The van der Waals surface area contributed by atoms with Gasteiger partial charge in [-0.2, -0.15) is 0 Å². The molecule has 5 atom stereocenters. The summed E-state index contributed by atoms with van der Waals surface area (Å²) in [6, 6.07) is -0.653. The maximum atomic E-state index is 10.9. The van der Waals surface area contributed by atoms with Crippen molar-refractivity contribution in [3.8, 4) is 0 Å². The third-order valence-electron chi connectivity index (χ3n) is 2.54. The molecule has 0 aromatic rings. The molecule has 1 unspecified atom stereocenters. The van der Waals surface area contributed by atoms with E-state index in [9.17, 15) is 15.0 Å². The van der Waals surface area contributed by atoms with E-state index in [-0.39, 0.29) is 12.5 Å². The zero-order valence-corrected chi connectivity index (χ0v) is 8.75. The first-order valence-electron chi connectivity index (χ1n) is 4.87. The molecule has 1 amide bonds. The predicted octanol–water partition coefficient (Wildman–Crippen LogP) is -2.01. The molecule has 6 nitrogen and oxygen atoms in total. The van der Waals surface area contributed by atoms with Crippen molar-refractivity contribution in [2.45, 2.75) is 44.3 Å². The minimum Gasteiger partial charge on any atom is -0.394 e. The Balaban J connectivity index is 2.70. The molecule has 0 radical (unpaired) electrons. The molecule has 0 spiro atoms. The number of aliphatic hydroxyl groups is 3. The number of rotatable bonds is 2. The Labute approximate surface area is 87.9 Å². The molecule has 0 aromatic carbocycles. The lowest BCUT2D eigenvalue weighted by atomic mass is 9.93. The number of hydrogen-bond acceptors (Lipinski definition) is 5. The summed E-state index contributed by atoms with van der Waals surface area (Å²) in [6.07, 6.45) is -3.58. The van der Waals surface area contributed by atoms with Gasteiger partial charge in [-0.15, -0.1) is 0 Å². The van der Waals surface area contributed by atoms with Crippen molar-refractivity contribution in [2.75, 3.05) is 6.61 Å². The summed E-state index contributed by atoms with van der Waals surface area (Å²) in [4.78, 5) is 10.9. The van der Waals surface area contributed by atoms with Gasteiger partial charge in [0.15, 0.2) is 0 Å². The zero-order valence-electron chi connectivity index (χ0n) is 8.75. The maximum absolute atomic E-state index is 10.9. The summed E-state index contributed by atoms with van der Waals surface area (Å²) in [6.45, 7) is 2.62. The van der Waals surface area contributed by atoms with Gasteiger partial charge in [-0.3, -0.25) is 4.79 Å². The Morgan fingerprint density at radius 3 is 2.47 bits per heavy atom. The molecule has 4 N–H and O–H groups in total. The topological polar surface area (TPSA) is 99.0 Å². The second kappa shape index (κ2) is 4.89. The molecule has 15 heavy (non-hydrogen) atoms. The highest BCUT2D eigenvalue weighted by atomic mass is 16.5. The van der Waals surface area contributed by atoms with E-state index in [1.54, 1.807) is 6.92 Å². The van der Waals surface area contributed by atoms with Crippen LogP contribution in [-0.2, 0) is 9.53 Å². The number of nitrogens with one attached hydrogen (secondary N) is 1. The second-order valence-electron chi connectivity index (χ2n) is 3.77. The Morgan fingerprint density at radius 2 is 2.00 bits per heavy atom. The van der Waals surface area contributed by atoms with Gasteiger partial charge in [0.05, 0.1) is 18.8 Å². The van der Waals surface area contributed by atoms with E-state index in [0.29, 0.717) is 0 Å². The minimum absolute atomic E-state index is 0.302. The van der Waals surface area contributed by atoms with Gasteiger partial charge in [0.25, 0.3) is 0 Å². The quantitative estimate of drug-likeness (QED) is 0.430. The first kappa shape index (κ1) is 12.4. The van der Waals surface area contributed by atoms with Crippen LogP contribution in [0.25, 0.3) is 0 Å². The molecule has 0 aromatic heterocycles. The normalized spacial score (nSPS) is 41.3. The van der Waals surface area contributed by atoms with E-state index < -0.39 is 30.5 Å². The van der Waals surface area contributed by atoms with Gasteiger partial charge in [0, 0.05) is 6.92 Å². The first-order valence-corrected chi connectivity index (χ1v) is 4.87. The first-order chi connectivity index (χ1) is 6.97. The van der Waals surface area contributed by atoms with E-state index in [0.717, 1.165) is 0 Å². The standard InChI is InChI=1S/C9H17NO5/c1-4-7(10-5(2)12)9(14)8(13)6(3-11)15-4/h4,6-9,11,13-14H,3H2,1-2H3,(H,10,12)/t4?,6-,7+,8-,9-/m1/s1. The molecule has 1 saturated heterocycles. The Morgan fingerprint density at radius 1 is 1.40 bits per heavy atom. The van der Waals surface area contributed by atoms with Crippen molar-refractivity contribution in [2.24, 2.45) is 0 Å². The molecular formula is C9H17NO5. The second-order valence-corrected chi connectivity index (χ2v) is 3.77. The molecule has 1 heterocycles.